The Kier molecular flexibility index (Phi) is 8.38. The zero-order valence-corrected chi connectivity index (χ0v) is 23.0. The monoisotopic (exact) mass is 633 g/mol. The van der Waals surface area contributed by atoms with Gasteiger partial charge in [-0.25, -0.2) is 4.79 Å². The van der Waals surface area contributed by atoms with Crippen molar-refractivity contribution in [2.24, 2.45) is 7.05 Å². The van der Waals surface area contributed by atoms with Crippen LogP contribution in [-0.2, 0) is 29.0 Å². The van der Waals surface area contributed by atoms with E-state index >= 15 is 0 Å². The molecule has 0 atom stereocenters. The summed E-state index contributed by atoms with van der Waals surface area (Å²) in [5.41, 5.74) is -2.82. The second-order valence-corrected chi connectivity index (χ2v) is 11.3. The van der Waals surface area contributed by atoms with Gasteiger partial charge in [0.2, 0.25) is 5.91 Å². The van der Waals surface area contributed by atoms with Crippen molar-refractivity contribution in [2.75, 3.05) is 11.9 Å². The third-order valence-electron chi connectivity index (χ3n) is 5.76. The minimum atomic E-state index is -4.98. The number of nitrogens with one attached hydrogen (secondary N) is 1. The van der Waals surface area contributed by atoms with Crippen LogP contribution in [0.5, 0.6) is 0 Å². The molecule has 0 bridgehead atoms. The van der Waals surface area contributed by atoms with Gasteiger partial charge >= 0.3 is 18.3 Å². The molecule has 1 aromatic carbocycles. The van der Waals surface area contributed by atoms with Crippen molar-refractivity contribution in [1.29, 1.82) is 0 Å². The molecule has 0 unspecified atom stereocenters. The predicted molar refractivity (Wildman–Crippen MR) is 145 cm³/mol. The van der Waals surface area contributed by atoms with Gasteiger partial charge in [-0.2, -0.15) is 26.3 Å². The number of benzene rings is 1. The minimum absolute atomic E-state index is 0.0343. The number of hydrogen-bond donors (Lipinski definition) is 2. The van der Waals surface area contributed by atoms with E-state index in [0.29, 0.717) is 17.0 Å². The zero-order chi connectivity index (χ0) is 30.3. The van der Waals surface area contributed by atoms with Gasteiger partial charge in [0.15, 0.2) is 0 Å². The molecule has 41 heavy (non-hydrogen) atoms. The number of anilines is 1. The molecule has 16 heteroatoms. The number of rotatable bonds is 7. The summed E-state index contributed by atoms with van der Waals surface area (Å²) in [5, 5.41) is 13.0. The van der Waals surface area contributed by atoms with E-state index < -0.39 is 41.3 Å². The molecular formula is C25H17F6N3O4S3. The molecule has 2 amide bonds. The number of alkyl halides is 6. The number of carbonyl (C=O) groups excluding carboxylic acids is 2. The van der Waals surface area contributed by atoms with Crippen molar-refractivity contribution in [3.8, 4) is 11.1 Å². The summed E-state index contributed by atoms with van der Waals surface area (Å²) in [6, 6.07) is 3.95. The van der Waals surface area contributed by atoms with Gasteiger partial charge in [-0.3, -0.25) is 14.5 Å². The summed E-state index contributed by atoms with van der Waals surface area (Å²) in [4.78, 5) is 38.1. The van der Waals surface area contributed by atoms with E-state index in [9.17, 15) is 40.7 Å². The summed E-state index contributed by atoms with van der Waals surface area (Å²) in [6.45, 7) is -0.0768. The van der Waals surface area contributed by atoms with E-state index in [1.54, 1.807) is 0 Å². The van der Waals surface area contributed by atoms with Gasteiger partial charge in [-0.15, -0.1) is 11.3 Å². The van der Waals surface area contributed by atoms with E-state index in [0.717, 1.165) is 23.1 Å². The van der Waals surface area contributed by atoms with Crippen LogP contribution in [0.3, 0.4) is 0 Å². The van der Waals surface area contributed by atoms with Gasteiger partial charge in [-0.05, 0) is 52.9 Å². The topological polar surface area (TPSA) is 91.6 Å². The fourth-order valence-electron chi connectivity index (χ4n) is 3.81. The fraction of sp³-hybridized carbons (Fsp3) is 0.200. The number of aromatic nitrogens is 1. The number of aryl methyl sites for hydroxylation is 1. The molecule has 7 nitrogen and oxygen atoms in total. The van der Waals surface area contributed by atoms with E-state index in [-0.39, 0.29) is 50.8 Å². The smallest absolute Gasteiger partial charge is 0.416 e. The molecule has 1 aliphatic heterocycles. The van der Waals surface area contributed by atoms with Gasteiger partial charge in [0.05, 0.1) is 21.7 Å². The number of nitrogens with zero attached hydrogens (tertiary/aromatic N) is 2. The Morgan fingerprint density at radius 2 is 1.66 bits per heavy atom. The van der Waals surface area contributed by atoms with Gasteiger partial charge in [-0.1, -0.05) is 24.0 Å². The first-order valence-corrected chi connectivity index (χ1v) is 13.5. The van der Waals surface area contributed by atoms with E-state index in [2.05, 4.69) is 5.32 Å². The van der Waals surface area contributed by atoms with Crippen LogP contribution >= 0.6 is 35.3 Å². The third-order valence-corrected chi connectivity index (χ3v) is 8.02. The highest BCUT2D eigenvalue weighted by Gasteiger charge is 2.37. The normalized spacial score (nSPS) is 15.2. The van der Waals surface area contributed by atoms with E-state index in [1.807, 2.05) is 0 Å². The second-order valence-electron chi connectivity index (χ2n) is 8.69. The summed E-state index contributed by atoms with van der Waals surface area (Å²) < 4.78 is 80.9. The number of thiocarbonyl (C=S) groups is 1. The summed E-state index contributed by atoms with van der Waals surface area (Å²) in [6.07, 6.45) is -7.28. The molecule has 2 N–H and O–H groups in total. The third kappa shape index (κ3) is 7.00. The minimum Gasteiger partial charge on any atom is -0.477 e. The van der Waals surface area contributed by atoms with Crippen LogP contribution in [0, 0.1) is 0 Å². The number of amides is 2. The molecule has 4 rings (SSSR count). The molecule has 1 aliphatic rings. The number of carboxylic acid groups (broad SMARTS) is 1. The van der Waals surface area contributed by atoms with Gasteiger partial charge in [0.25, 0.3) is 5.91 Å². The zero-order valence-electron chi connectivity index (χ0n) is 20.6. The highest BCUT2D eigenvalue weighted by atomic mass is 32.2. The Balaban J connectivity index is 1.46. The lowest BCUT2D eigenvalue weighted by atomic mass is 10.0. The summed E-state index contributed by atoms with van der Waals surface area (Å²) in [7, 11) is 1.50. The lowest BCUT2D eigenvalue weighted by Crippen LogP contribution is -2.31. The Morgan fingerprint density at radius 1 is 1.02 bits per heavy atom. The van der Waals surface area contributed by atoms with Crippen LogP contribution in [0.15, 0.2) is 46.8 Å². The molecule has 0 spiro atoms. The van der Waals surface area contributed by atoms with Crippen molar-refractivity contribution >= 4 is 69.2 Å². The Labute approximate surface area is 241 Å². The van der Waals surface area contributed by atoms with Crippen molar-refractivity contribution < 1.29 is 45.8 Å². The Hall–Kier alpha value is -3.63. The van der Waals surface area contributed by atoms with Crippen LogP contribution in [0.2, 0.25) is 0 Å². The highest BCUT2D eigenvalue weighted by molar-refractivity contribution is 8.26. The van der Waals surface area contributed by atoms with Crippen LogP contribution in [0.1, 0.15) is 32.9 Å². The molecule has 216 valence electrons. The number of hydrogen-bond acceptors (Lipinski definition) is 6. The molecule has 1 fully saturated rings. The van der Waals surface area contributed by atoms with Crippen molar-refractivity contribution in [2.45, 2.75) is 18.8 Å². The molecule has 2 aromatic heterocycles. The number of thioether (sulfide) groups is 1. The van der Waals surface area contributed by atoms with Gasteiger partial charge in [0.1, 0.15) is 10.0 Å². The lowest BCUT2D eigenvalue weighted by Gasteiger charge is -2.13. The van der Waals surface area contributed by atoms with Crippen molar-refractivity contribution in [3.05, 3.63) is 68.5 Å². The van der Waals surface area contributed by atoms with Gasteiger partial charge < -0.3 is 15.0 Å². The number of carboxylic acids is 1. The molecule has 0 aliphatic carbocycles. The first kappa shape index (κ1) is 30.3. The molecule has 0 radical (unpaired) electrons. The molecule has 3 aromatic rings. The quantitative estimate of drug-likeness (QED) is 0.171. The average Bonchev–Trinajstić information content (AvgIpc) is 3.54. The van der Waals surface area contributed by atoms with Crippen LogP contribution in [0.25, 0.3) is 17.2 Å². The predicted octanol–water partition coefficient (Wildman–Crippen LogP) is 6.72. The molecule has 3 heterocycles. The Morgan fingerprint density at radius 3 is 2.22 bits per heavy atom. The van der Waals surface area contributed by atoms with Crippen LogP contribution in [-0.4, -0.2) is 43.2 Å². The number of carbonyl (C=O) groups is 3. The number of aromatic carboxylic acids is 1. The number of thiophene rings is 1. The molecule has 0 saturated carbocycles. The van der Waals surface area contributed by atoms with E-state index in [1.165, 1.54) is 46.3 Å². The molecule has 1 saturated heterocycles. The van der Waals surface area contributed by atoms with Gasteiger partial charge in [0, 0.05) is 31.1 Å². The maximum absolute atomic E-state index is 13.2. The largest absolute Gasteiger partial charge is 0.477 e. The first-order chi connectivity index (χ1) is 19.0. The van der Waals surface area contributed by atoms with Crippen LogP contribution < -0.4 is 5.32 Å². The average molecular weight is 634 g/mol. The summed E-state index contributed by atoms with van der Waals surface area (Å²) in [5.74, 6) is -2.18. The maximum Gasteiger partial charge on any atom is 0.416 e. The second kappa shape index (κ2) is 11.3. The first-order valence-electron chi connectivity index (χ1n) is 11.4. The van der Waals surface area contributed by atoms with Crippen LogP contribution in [0.4, 0.5) is 32.0 Å². The van der Waals surface area contributed by atoms with Crippen molar-refractivity contribution in [1.82, 2.24) is 9.47 Å². The molecular weight excluding hydrogens is 616 g/mol. The highest BCUT2D eigenvalue weighted by Crippen LogP contribution is 2.40. The Bertz CT molecular complexity index is 1560. The summed E-state index contributed by atoms with van der Waals surface area (Å²) >= 11 is 7.19. The fourth-order valence-corrected chi connectivity index (χ4v) is 6.03. The lowest BCUT2D eigenvalue weighted by molar-refractivity contribution is -0.143. The SMILES string of the molecule is Cn1cc(NC(=O)CCN2C(=O)/C(=C/c3cc(-c4cc(C(F)(F)F)cc(C(F)(F)F)c4)cs3)SC2=S)cc1C(=O)O. The standard InChI is InChI=1S/C25H17F6N3O4S3/c1-33-10-16(8-18(33)22(37)38)32-20(35)2-3-34-21(36)19(41-23(34)39)9-17-6-13(11-40-17)12-4-14(24(26,27)28)7-15(5-12)25(29,30)31/h4-11H,2-3H2,1H3,(H,32,35)(H,37,38)/b19-9-. The maximum atomic E-state index is 13.2. The van der Waals surface area contributed by atoms with Crippen molar-refractivity contribution in [3.63, 3.8) is 0 Å². The number of halogens is 6. The van der Waals surface area contributed by atoms with E-state index in [4.69, 9.17) is 17.3 Å².